The summed E-state index contributed by atoms with van der Waals surface area (Å²) >= 11 is 0. The van der Waals surface area contributed by atoms with E-state index in [1.54, 1.807) is 6.07 Å². The first kappa shape index (κ1) is 23.4. The van der Waals surface area contributed by atoms with Crippen molar-refractivity contribution in [3.05, 3.63) is 29.8 Å². The molecule has 1 saturated heterocycles. The molecule has 2 fully saturated rings. The van der Waals surface area contributed by atoms with Gasteiger partial charge in [0.15, 0.2) is 0 Å². The molecule has 1 aromatic carbocycles. The van der Waals surface area contributed by atoms with Crippen molar-refractivity contribution in [2.45, 2.75) is 58.4 Å². The first-order chi connectivity index (χ1) is 14.0. The summed E-state index contributed by atoms with van der Waals surface area (Å²) in [5, 5.41) is 10.4. The number of hydrogen-bond acceptors (Lipinski definition) is 4. The lowest BCUT2D eigenvalue weighted by Gasteiger charge is -2.39. The number of aliphatic hydroxyl groups is 1. The van der Waals surface area contributed by atoms with Crippen LogP contribution in [0.5, 0.6) is 0 Å². The maximum atomic E-state index is 12.9. The average molecular weight is 429 g/mol. The number of hydrogen-bond donors (Lipinski definition) is 1. The lowest BCUT2D eigenvalue weighted by molar-refractivity contribution is -0.137. The number of nitrogens with zero attached hydrogens (tertiary/aromatic N) is 2. The molecule has 4 nitrogen and oxygen atoms in total. The fourth-order valence-corrected chi connectivity index (χ4v) is 5.05. The summed E-state index contributed by atoms with van der Waals surface area (Å²) < 4.78 is 44.9. The number of halogens is 3. The molecule has 1 aromatic rings. The van der Waals surface area contributed by atoms with Crippen molar-refractivity contribution in [1.29, 1.82) is 0 Å². The number of rotatable bonds is 6. The Morgan fingerprint density at radius 2 is 1.87 bits per heavy atom. The number of anilines is 1. The van der Waals surface area contributed by atoms with E-state index in [1.807, 2.05) is 4.90 Å². The molecule has 0 aromatic heterocycles. The Labute approximate surface area is 178 Å². The van der Waals surface area contributed by atoms with Gasteiger partial charge < -0.3 is 14.7 Å². The third-order valence-corrected chi connectivity index (χ3v) is 6.25. The predicted molar refractivity (Wildman–Crippen MR) is 113 cm³/mol. The zero-order valence-corrected chi connectivity index (χ0v) is 18.3. The van der Waals surface area contributed by atoms with Gasteiger partial charge in [-0.05, 0) is 48.8 Å². The van der Waals surface area contributed by atoms with Crippen molar-refractivity contribution < 1.29 is 23.0 Å². The Bertz CT molecular complexity index is 687. The SMILES string of the molecule is C[C@@H]1C[C@@H](OC[C@H](O)CN2CCN(c3cccc(C(F)(F)F)c3)CC2)CC(C)(C)C1. The average Bonchev–Trinajstić information content (AvgIpc) is 2.65. The van der Waals surface area contributed by atoms with Crippen LogP contribution < -0.4 is 4.90 Å². The lowest BCUT2D eigenvalue weighted by Crippen LogP contribution is -2.49. The highest BCUT2D eigenvalue weighted by Gasteiger charge is 2.33. The molecule has 0 spiro atoms. The Morgan fingerprint density at radius 1 is 1.17 bits per heavy atom. The van der Waals surface area contributed by atoms with E-state index in [0.717, 1.165) is 18.9 Å². The molecule has 0 radical (unpaired) electrons. The highest BCUT2D eigenvalue weighted by molar-refractivity contribution is 5.49. The standard InChI is InChI=1S/C23H35F3N2O2/c1-17-11-21(14-22(2,3)13-17)30-16-20(29)15-27-7-9-28(10-8-27)19-6-4-5-18(12-19)23(24,25)26/h4-6,12,17,20-21,29H,7-11,13-16H2,1-3H3/t17-,20-,21-/m1/s1. The molecule has 0 unspecified atom stereocenters. The van der Waals surface area contributed by atoms with Gasteiger partial charge in [-0.15, -0.1) is 0 Å². The second-order valence-corrected chi connectivity index (χ2v) is 9.86. The molecule has 0 bridgehead atoms. The second-order valence-electron chi connectivity index (χ2n) is 9.86. The van der Waals surface area contributed by atoms with Crippen LogP contribution in [0.25, 0.3) is 0 Å². The number of ether oxygens (including phenoxy) is 1. The minimum atomic E-state index is -4.33. The van der Waals surface area contributed by atoms with Crippen LogP contribution in [0.4, 0.5) is 18.9 Å². The monoisotopic (exact) mass is 428 g/mol. The van der Waals surface area contributed by atoms with Crippen LogP contribution in [-0.4, -0.2) is 61.5 Å². The van der Waals surface area contributed by atoms with Crippen LogP contribution in [-0.2, 0) is 10.9 Å². The minimum Gasteiger partial charge on any atom is -0.389 e. The van der Waals surface area contributed by atoms with Gasteiger partial charge in [0.1, 0.15) is 0 Å². The molecular formula is C23H35F3N2O2. The third-order valence-electron chi connectivity index (χ3n) is 6.25. The second kappa shape index (κ2) is 9.45. The number of aliphatic hydroxyl groups excluding tert-OH is 1. The van der Waals surface area contributed by atoms with Crippen molar-refractivity contribution >= 4 is 5.69 Å². The summed E-state index contributed by atoms with van der Waals surface area (Å²) in [6, 6.07) is 5.49. The molecule has 30 heavy (non-hydrogen) atoms. The number of alkyl halides is 3. The summed E-state index contributed by atoms with van der Waals surface area (Å²) in [5.74, 6) is 0.639. The van der Waals surface area contributed by atoms with Gasteiger partial charge >= 0.3 is 6.18 Å². The Morgan fingerprint density at radius 3 is 2.50 bits per heavy atom. The number of piperazine rings is 1. The van der Waals surface area contributed by atoms with Crippen LogP contribution in [0.1, 0.15) is 45.6 Å². The molecule has 3 rings (SSSR count). The fourth-order valence-electron chi connectivity index (χ4n) is 5.05. The summed E-state index contributed by atoms with van der Waals surface area (Å²) in [6.07, 6.45) is -1.38. The molecule has 3 atom stereocenters. The third kappa shape index (κ3) is 6.59. The Kier molecular flexibility index (Phi) is 7.36. The van der Waals surface area contributed by atoms with E-state index in [2.05, 4.69) is 25.7 Å². The lowest BCUT2D eigenvalue weighted by atomic mass is 9.71. The molecule has 2 aliphatic rings. The van der Waals surface area contributed by atoms with Gasteiger partial charge in [-0.1, -0.05) is 26.8 Å². The molecule has 1 N–H and O–H groups in total. The maximum absolute atomic E-state index is 12.9. The summed E-state index contributed by atoms with van der Waals surface area (Å²) in [5.41, 5.74) is 0.269. The van der Waals surface area contributed by atoms with Crippen molar-refractivity contribution in [2.75, 3.05) is 44.2 Å². The van der Waals surface area contributed by atoms with Crippen LogP contribution in [0.15, 0.2) is 24.3 Å². The van der Waals surface area contributed by atoms with Gasteiger partial charge in [0.05, 0.1) is 24.4 Å². The van der Waals surface area contributed by atoms with Gasteiger partial charge in [-0.2, -0.15) is 13.2 Å². The van der Waals surface area contributed by atoms with Gasteiger partial charge in [-0.3, -0.25) is 4.90 Å². The van der Waals surface area contributed by atoms with E-state index >= 15 is 0 Å². The van der Waals surface area contributed by atoms with Crippen molar-refractivity contribution in [2.24, 2.45) is 11.3 Å². The molecule has 1 heterocycles. The van der Waals surface area contributed by atoms with Gasteiger partial charge in [0, 0.05) is 38.4 Å². The van der Waals surface area contributed by atoms with E-state index < -0.39 is 17.8 Å². The van der Waals surface area contributed by atoms with E-state index in [-0.39, 0.29) is 11.5 Å². The highest BCUT2D eigenvalue weighted by Crippen LogP contribution is 2.39. The van der Waals surface area contributed by atoms with Crippen LogP contribution in [0.3, 0.4) is 0 Å². The quantitative estimate of drug-likeness (QED) is 0.728. The molecule has 1 aliphatic carbocycles. The van der Waals surface area contributed by atoms with Gasteiger partial charge in [0.2, 0.25) is 0 Å². The van der Waals surface area contributed by atoms with Crippen LogP contribution in [0.2, 0.25) is 0 Å². The number of β-amino-alcohol motifs (C(OH)–C–C–N with tert-alkyl or cyclic N) is 1. The fraction of sp³-hybridized carbons (Fsp3) is 0.739. The normalized spacial score (nSPS) is 26.6. The summed E-state index contributed by atoms with van der Waals surface area (Å²) in [7, 11) is 0. The van der Waals surface area contributed by atoms with E-state index in [1.165, 1.54) is 18.6 Å². The Hall–Kier alpha value is -1.31. The van der Waals surface area contributed by atoms with Crippen LogP contribution >= 0.6 is 0 Å². The molecule has 7 heteroatoms. The smallest absolute Gasteiger partial charge is 0.389 e. The first-order valence-corrected chi connectivity index (χ1v) is 11.0. The number of benzene rings is 1. The largest absolute Gasteiger partial charge is 0.416 e. The van der Waals surface area contributed by atoms with Crippen LogP contribution in [0, 0.1) is 11.3 Å². The molecule has 1 aliphatic heterocycles. The molecular weight excluding hydrogens is 393 g/mol. The minimum absolute atomic E-state index is 0.205. The first-order valence-electron chi connectivity index (χ1n) is 11.0. The van der Waals surface area contributed by atoms with Crippen molar-refractivity contribution in [3.8, 4) is 0 Å². The van der Waals surface area contributed by atoms with Gasteiger partial charge in [0.25, 0.3) is 0 Å². The molecule has 0 amide bonds. The van der Waals surface area contributed by atoms with E-state index in [0.29, 0.717) is 50.9 Å². The zero-order chi connectivity index (χ0) is 21.9. The highest BCUT2D eigenvalue weighted by atomic mass is 19.4. The molecule has 1 saturated carbocycles. The van der Waals surface area contributed by atoms with E-state index in [9.17, 15) is 18.3 Å². The zero-order valence-electron chi connectivity index (χ0n) is 18.3. The van der Waals surface area contributed by atoms with Crippen molar-refractivity contribution in [3.63, 3.8) is 0 Å². The summed E-state index contributed by atoms with van der Waals surface area (Å²) in [6.45, 7) is 10.4. The maximum Gasteiger partial charge on any atom is 0.416 e. The predicted octanol–water partition coefficient (Wildman–Crippen LogP) is 4.42. The topological polar surface area (TPSA) is 35.9 Å². The van der Waals surface area contributed by atoms with Gasteiger partial charge in [-0.25, -0.2) is 0 Å². The van der Waals surface area contributed by atoms with Crippen molar-refractivity contribution in [1.82, 2.24) is 4.90 Å². The Balaban J connectivity index is 1.42. The molecule has 170 valence electrons. The summed E-state index contributed by atoms with van der Waals surface area (Å²) in [4.78, 5) is 4.13. The van der Waals surface area contributed by atoms with E-state index in [4.69, 9.17) is 4.74 Å².